The van der Waals surface area contributed by atoms with Crippen molar-refractivity contribution in [1.29, 1.82) is 0 Å². The quantitative estimate of drug-likeness (QED) is 0.228. The Morgan fingerprint density at radius 2 is 1.54 bits per heavy atom. The Bertz CT molecular complexity index is 1060. The van der Waals surface area contributed by atoms with E-state index in [4.69, 9.17) is 0 Å². The molecule has 144 valence electrons. The van der Waals surface area contributed by atoms with Gasteiger partial charge >= 0.3 is 0 Å². The van der Waals surface area contributed by atoms with Crippen molar-refractivity contribution in [3.8, 4) is 17.1 Å². The van der Waals surface area contributed by atoms with Gasteiger partial charge in [-0.15, -0.1) is 0 Å². The van der Waals surface area contributed by atoms with Crippen molar-refractivity contribution in [3.05, 3.63) is 70.7 Å². The van der Waals surface area contributed by atoms with Crippen molar-refractivity contribution in [1.82, 2.24) is 9.97 Å². The molecular weight excluding hydrogens is 383 g/mol. The first-order valence-corrected chi connectivity index (χ1v) is 7.74. The molecule has 0 saturated heterocycles. The molecule has 0 atom stereocenters. The average molecular weight is 394 g/mol. The largest absolute Gasteiger partial charge is 0.507 e. The number of aryl methyl sites for hydroxylation is 1. The lowest BCUT2D eigenvalue weighted by Gasteiger charge is -2.07. The first-order chi connectivity index (χ1) is 13.3. The lowest BCUT2D eigenvalue weighted by atomic mass is 10.2. The minimum Gasteiger partial charge on any atom is -0.507 e. The maximum Gasteiger partial charge on any atom is 0.200 e. The van der Waals surface area contributed by atoms with Crippen LogP contribution in [0.3, 0.4) is 0 Å². The molecule has 0 aliphatic heterocycles. The van der Waals surface area contributed by atoms with Gasteiger partial charge < -0.3 is 5.11 Å². The predicted molar refractivity (Wildman–Crippen MR) is 91.3 cm³/mol. The Kier molecular flexibility index (Phi) is 5.21. The van der Waals surface area contributed by atoms with Crippen LogP contribution in [-0.2, 0) is 0 Å². The summed E-state index contributed by atoms with van der Waals surface area (Å²) in [7, 11) is 0. The summed E-state index contributed by atoms with van der Waals surface area (Å²) >= 11 is 0. The SMILES string of the molecule is Cc1cc(N/N=C\c2c(F)c(F)c(F)c(F)c2F)nc(-c2ccccc2O)n1. The Balaban J connectivity index is 1.91. The smallest absolute Gasteiger partial charge is 0.200 e. The molecule has 0 bridgehead atoms. The third-order valence-electron chi connectivity index (χ3n) is 3.62. The highest BCUT2D eigenvalue weighted by molar-refractivity contribution is 5.81. The van der Waals surface area contributed by atoms with Crippen molar-refractivity contribution < 1.29 is 27.1 Å². The summed E-state index contributed by atoms with van der Waals surface area (Å²) in [5, 5.41) is 13.4. The van der Waals surface area contributed by atoms with Crippen molar-refractivity contribution in [2.45, 2.75) is 6.92 Å². The number of nitrogens with zero attached hydrogens (tertiary/aromatic N) is 3. The highest BCUT2D eigenvalue weighted by atomic mass is 19.2. The van der Waals surface area contributed by atoms with Crippen LogP contribution < -0.4 is 5.43 Å². The van der Waals surface area contributed by atoms with Crippen molar-refractivity contribution in [3.63, 3.8) is 0 Å². The Morgan fingerprint density at radius 3 is 2.18 bits per heavy atom. The number of aromatic hydroxyl groups is 1. The number of nitrogens with one attached hydrogen (secondary N) is 1. The minimum atomic E-state index is -2.25. The normalized spacial score (nSPS) is 11.2. The van der Waals surface area contributed by atoms with Gasteiger partial charge in [0, 0.05) is 11.8 Å². The van der Waals surface area contributed by atoms with Crippen LogP contribution in [0.2, 0.25) is 0 Å². The number of aromatic nitrogens is 2. The molecule has 2 aromatic carbocycles. The van der Waals surface area contributed by atoms with Crippen LogP contribution in [0.25, 0.3) is 11.4 Å². The molecule has 0 radical (unpaired) electrons. The third-order valence-corrected chi connectivity index (χ3v) is 3.62. The second-order valence-electron chi connectivity index (χ2n) is 5.59. The number of hydrogen-bond donors (Lipinski definition) is 2. The monoisotopic (exact) mass is 394 g/mol. The molecule has 0 aliphatic rings. The lowest BCUT2D eigenvalue weighted by Crippen LogP contribution is -2.07. The van der Waals surface area contributed by atoms with Crippen LogP contribution in [0.5, 0.6) is 5.75 Å². The number of rotatable bonds is 4. The highest BCUT2D eigenvalue weighted by Gasteiger charge is 2.24. The molecule has 0 saturated carbocycles. The van der Waals surface area contributed by atoms with Crippen LogP contribution in [0.1, 0.15) is 11.3 Å². The molecular formula is C18H11F5N4O. The molecule has 0 aliphatic carbocycles. The third kappa shape index (κ3) is 3.61. The average Bonchev–Trinajstić information content (AvgIpc) is 2.67. The lowest BCUT2D eigenvalue weighted by molar-refractivity contribution is 0.377. The molecule has 0 fully saturated rings. The maximum atomic E-state index is 13.6. The summed E-state index contributed by atoms with van der Waals surface area (Å²) in [4.78, 5) is 8.27. The van der Waals surface area contributed by atoms with Gasteiger partial charge in [0.15, 0.2) is 34.9 Å². The van der Waals surface area contributed by atoms with E-state index in [2.05, 4.69) is 20.5 Å². The summed E-state index contributed by atoms with van der Waals surface area (Å²) in [6.07, 6.45) is 0.452. The number of hydrogen-bond acceptors (Lipinski definition) is 5. The summed E-state index contributed by atoms with van der Waals surface area (Å²) in [5.41, 5.74) is 1.94. The van der Waals surface area contributed by atoms with E-state index in [0.29, 0.717) is 17.5 Å². The highest BCUT2D eigenvalue weighted by Crippen LogP contribution is 2.27. The fraction of sp³-hybridized carbons (Fsp3) is 0.0556. The van der Waals surface area contributed by atoms with Crippen LogP contribution in [0, 0.1) is 36.0 Å². The fourth-order valence-electron chi connectivity index (χ4n) is 2.31. The summed E-state index contributed by atoms with van der Waals surface area (Å²) in [6, 6.07) is 7.72. The Labute approximate surface area is 155 Å². The number of phenols is 1. The molecule has 1 heterocycles. The number of halogens is 5. The van der Waals surface area contributed by atoms with Crippen LogP contribution in [0.4, 0.5) is 27.8 Å². The molecule has 0 amide bonds. The van der Waals surface area contributed by atoms with Crippen LogP contribution in [0.15, 0.2) is 35.4 Å². The summed E-state index contributed by atoms with van der Waals surface area (Å²) in [5.74, 6) is -10.2. The van der Waals surface area contributed by atoms with Gasteiger partial charge in [0.25, 0.3) is 0 Å². The van der Waals surface area contributed by atoms with Crippen molar-refractivity contribution >= 4 is 12.0 Å². The van der Waals surface area contributed by atoms with Crippen LogP contribution >= 0.6 is 0 Å². The van der Waals surface area contributed by atoms with E-state index in [0.717, 1.165) is 0 Å². The van der Waals surface area contributed by atoms with E-state index in [1.807, 2.05) is 0 Å². The number of hydrazone groups is 1. The van der Waals surface area contributed by atoms with Crippen molar-refractivity contribution in [2.24, 2.45) is 5.10 Å². The fourth-order valence-corrected chi connectivity index (χ4v) is 2.31. The second-order valence-corrected chi connectivity index (χ2v) is 5.59. The molecule has 2 N–H and O–H groups in total. The van der Waals surface area contributed by atoms with Gasteiger partial charge in [-0.05, 0) is 19.1 Å². The zero-order valence-electron chi connectivity index (χ0n) is 14.1. The first-order valence-electron chi connectivity index (χ1n) is 7.74. The molecule has 3 rings (SSSR count). The molecule has 5 nitrogen and oxygen atoms in total. The summed E-state index contributed by atoms with van der Waals surface area (Å²) < 4.78 is 66.7. The van der Waals surface area contributed by atoms with Crippen molar-refractivity contribution in [2.75, 3.05) is 5.43 Å². The standard InChI is InChI=1S/C18H11F5N4O/c1-8-6-12(26-18(25-8)9-4-2-3-5-11(9)28)27-24-7-10-13(19)15(21)17(23)16(22)14(10)20/h2-7,28H,1H3,(H,25,26,27)/b24-7-. The molecule has 3 aromatic rings. The number of para-hydroxylation sites is 1. The maximum absolute atomic E-state index is 13.6. The number of benzene rings is 2. The zero-order valence-corrected chi connectivity index (χ0v) is 14.1. The molecule has 10 heteroatoms. The number of phenolic OH excluding ortho intramolecular Hbond substituents is 1. The van der Waals surface area contributed by atoms with Crippen LogP contribution in [-0.4, -0.2) is 21.3 Å². The van der Waals surface area contributed by atoms with Gasteiger partial charge in [0.2, 0.25) is 5.82 Å². The molecule has 0 spiro atoms. The van der Waals surface area contributed by atoms with E-state index in [1.54, 1.807) is 25.1 Å². The molecule has 0 unspecified atom stereocenters. The predicted octanol–water partition coefficient (Wildman–Crippen LogP) is 4.30. The first kappa shape index (κ1) is 19.2. The van der Waals surface area contributed by atoms with Gasteiger partial charge in [-0.2, -0.15) is 5.10 Å². The van der Waals surface area contributed by atoms with Gasteiger partial charge in [-0.3, -0.25) is 5.43 Å². The number of anilines is 1. The van der Waals surface area contributed by atoms with Gasteiger partial charge in [0.1, 0.15) is 5.75 Å². The van der Waals surface area contributed by atoms with E-state index < -0.39 is 34.6 Å². The van der Waals surface area contributed by atoms with E-state index in [-0.39, 0.29) is 17.4 Å². The Hall–Kier alpha value is -3.56. The van der Waals surface area contributed by atoms with E-state index in [1.165, 1.54) is 12.1 Å². The topological polar surface area (TPSA) is 70.4 Å². The van der Waals surface area contributed by atoms with E-state index >= 15 is 0 Å². The minimum absolute atomic E-state index is 0.0658. The second kappa shape index (κ2) is 7.59. The molecule has 28 heavy (non-hydrogen) atoms. The Morgan fingerprint density at radius 1 is 0.929 bits per heavy atom. The zero-order chi connectivity index (χ0) is 20.4. The summed E-state index contributed by atoms with van der Waals surface area (Å²) in [6.45, 7) is 1.63. The van der Waals surface area contributed by atoms with E-state index in [9.17, 15) is 27.1 Å². The van der Waals surface area contributed by atoms with Gasteiger partial charge in [0.05, 0.1) is 17.3 Å². The molecule has 1 aromatic heterocycles. The van der Waals surface area contributed by atoms with Gasteiger partial charge in [-0.25, -0.2) is 31.9 Å². The van der Waals surface area contributed by atoms with Gasteiger partial charge in [-0.1, -0.05) is 12.1 Å².